The van der Waals surface area contributed by atoms with Crippen LogP contribution in [0.2, 0.25) is 0 Å². The van der Waals surface area contributed by atoms with E-state index in [1.165, 1.54) is 12.0 Å². The number of likely N-dealkylation sites (N-methyl/N-ethyl adjacent to an activating group) is 1. The molecule has 2 heteroatoms. The van der Waals surface area contributed by atoms with Crippen molar-refractivity contribution in [3.05, 3.63) is 54.1 Å². The first-order chi connectivity index (χ1) is 15.0. The lowest BCUT2D eigenvalue weighted by atomic mass is 9.84. The van der Waals surface area contributed by atoms with Crippen LogP contribution in [0.4, 0.5) is 5.69 Å². The molecule has 0 spiro atoms. The molecule has 0 saturated heterocycles. The van der Waals surface area contributed by atoms with Crippen molar-refractivity contribution >= 4 is 11.6 Å². The zero-order valence-corrected chi connectivity index (χ0v) is 22.8. The van der Waals surface area contributed by atoms with Gasteiger partial charge >= 0.3 is 0 Å². The van der Waals surface area contributed by atoms with Gasteiger partial charge in [0.15, 0.2) is 0 Å². The van der Waals surface area contributed by atoms with Gasteiger partial charge < -0.3 is 4.90 Å². The number of fused-ring (bicyclic) bond motifs is 3. The second kappa shape index (κ2) is 21.2. The fourth-order valence-corrected chi connectivity index (χ4v) is 3.11. The molecule has 3 rings (SSSR count). The van der Waals surface area contributed by atoms with Crippen molar-refractivity contribution < 1.29 is 4.79 Å². The maximum atomic E-state index is 12.8. The summed E-state index contributed by atoms with van der Waals surface area (Å²) in [5.41, 5.74) is 4.46. The predicted molar refractivity (Wildman–Crippen MR) is 144 cm³/mol. The van der Waals surface area contributed by atoms with E-state index in [-0.39, 0.29) is 17.7 Å². The highest BCUT2D eigenvalue weighted by Crippen LogP contribution is 2.42. The Morgan fingerprint density at radius 3 is 1.58 bits per heavy atom. The molecule has 0 radical (unpaired) electrons. The van der Waals surface area contributed by atoms with E-state index in [0.29, 0.717) is 0 Å². The lowest BCUT2D eigenvalue weighted by Gasteiger charge is -2.24. The normalized spacial score (nSPS) is 12.8. The first-order valence-corrected chi connectivity index (χ1v) is 12.5. The number of amides is 1. The van der Waals surface area contributed by atoms with E-state index >= 15 is 0 Å². The summed E-state index contributed by atoms with van der Waals surface area (Å²) in [7, 11) is 1.88. The number of hydrogen-bond acceptors (Lipinski definition) is 1. The standard InChI is InChI=1S/C18H19NO.C3H8.4C2H6/c1-12(2)17-15-10-5-4-8-13(15)14-9-6-7-11-16(14)19(3)18(17)20;1-3-2;4*1-2/h4-12,17H,1-3H3;3H2,1-2H3;4*1-2H3. The molecule has 1 unspecified atom stereocenters. The molecule has 1 aliphatic rings. The molecule has 1 heterocycles. The molecular formula is C29H51NO. The fraction of sp³-hybridized carbons (Fsp3) is 0.552. The predicted octanol–water partition coefficient (Wildman–Crippen LogP) is 9.59. The summed E-state index contributed by atoms with van der Waals surface area (Å²) in [6.07, 6.45) is 1.25. The smallest absolute Gasteiger partial charge is 0.234 e. The molecule has 2 aromatic rings. The summed E-state index contributed by atoms with van der Waals surface area (Å²) in [4.78, 5) is 14.6. The second-order valence-corrected chi connectivity index (χ2v) is 6.43. The molecule has 178 valence electrons. The van der Waals surface area contributed by atoms with Gasteiger partial charge in [-0.15, -0.1) is 0 Å². The lowest BCUT2D eigenvalue weighted by Crippen LogP contribution is -2.33. The van der Waals surface area contributed by atoms with Crippen LogP contribution >= 0.6 is 0 Å². The van der Waals surface area contributed by atoms with Crippen molar-refractivity contribution in [3.63, 3.8) is 0 Å². The molecule has 2 nitrogen and oxygen atoms in total. The van der Waals surface area contributed by atoms with E-state index in [0.717, 1.165) is 16.8 Å². The highest BCUT2D eigenvalue weighted by Gasteiger charge is 2.33. The minimum atomic E-state index is -0.0800. The van der Waals surface area contributed by atoms with Crippen LogP contribution in [0.25, 0.3) is 11.1 Å². The number of para-hydroxylation sites is 1. The third-order valence-corrected chi connectivity index (χ3v) is 4.11. The van der Waals surface area contributed by atoms with Crippen molar-refractivity contribution in [2.45, 2.75) is 95.4 Å². The minimum absolute atomic E-state index is 0.0800. The molecule has 1 aliphatic heterocycles. The van der Waals surface area contributed by atoms with Crippen LogP contribution in [0.1, 0.15) is 101 Å². The van der Waals surface area contributed by atoms with E-state index in [1.54, 1.807) is 4.90 Å². The van der Waals surface area contributed by atoms with E-state index in [9.17, 15) is 4.79 Å². The SMILES string of the molecule is CC.CC.CC.CC.CC(C)C1C(=O)N(C)c2ccccc2-c2ccccc21.CCC. The summed E-state index contributed by atoms with van der Waals surface area (Å²) in [6.45, 7) is 24.5. The molecule has 31 heavy (non-hydrogen) atoms. The maximum Gasteiger partial charge on any atom is 0.234 e. The molecule has 0 bridgehead atoms. The summed E-state index contributed by atoms with van der Waals surface area (Å²) in [6, 6.07) is 16.4. The molecular weight excluding hydrogens is 378 g/mol. The van der Waals surface area contributed by atoms with Crippen LogP contribution in [0.3, 0.4) is 0 Å². The summed E-state index contributed by atoms with van der Waals surface area (Å²) < 4.78 is 0. The molecule has 0 N–H and O–H groups in total. The first-order valence-electron chi connectivity index (χ1n) is 12.5. The Bertz CT molecular complexity index is 676. The number of nitrogens with zero attached hydrogens (tertiary/aromatic N) is 1. The Kier molecular flexibility index (Phi) is 22.9. The average molecular weight is 430 g/mol. The molecule has 1 amide bonds. The first kappa shape index (κ1) is 33.5. The minimum Gasteiger partial charge on any atom is -0.314 e. The van der Waals surface area contributed by atoms with Crippen LogP contribution in [0.15, 0.2) is 48.5 Å². The zero-order chi connectivity index (χ0) is 25.0. The third-order valence-electron chi connectivity index (χ3n) is 4.11. The van der Waals surface area contributed by atoms with Gasteiger partial charge in [-0.2, -0.15) is 0 Å². The van der Waals surface area contributed by atoms with Gasteiger partial charge in [0.1, 0.15) is 0 Å². The van der Waals surface area contributed by atoms with Crippen molar-refractivity contribution in [2.75, 3.05) is 11.9 Å². The number of hydrogen-bond donors (Lipinski definition) is 0. The monoisotopic (exact) mass is 429 g/mol. The number of carbonyl (C=O) groups is 1. The topological polar surface area (TPSA) is 20.3 Å². The van der Waals surface area contributed by atoms with Crippen molar-refractivity contribution in [2.24, 2.45) is 5.92 Å². The summed E-state index contributed by atoms with van der Waals surface area (Å²) in [5.74, 6) is 0.376. The van der Waals surface area contributed by atoms with E-state index < -0.39 is 0 Å². The van der Waals surface area contributed by atoms with Crippen LogP contribution < -0.4 is 4.90 Å². The Hall–Kier alpha value is -2.09. The quantitative estimate of drug-likeness (QED) is 0.442. The lowest BCUT2D eigenvalue weighted by molar-refractivity contribution is -0.120. The molecule has 0 saturated carbocycles. The van der Waals surface area contributed by atoms with E-state index in [4.69, 9.17) is 0 Å². The van der Waals surface area contributed by atoms with Gasteiger partial charge in [0.25, 0.3) is 0 Å². The zero-order valence-electron chi connectivity index (χ0n) is 22.8. The van der Waals surface area contributed by atoms with Gasteiger partial charge in [-0.1, -0.05) is 132 Å². The number of carbonyl (C=O) groups excluding carboxylic acids is 1. The van der Waals surface area contributed by atoms with Crippen molar-refractivity contribution in [1.29, 1.82) is 0 Å². The average Bonchev–Trinajstić information content (AvgIpc) is 2.93. The maximum absolute atomic E-state index is 12.8. The molecule has 1 atom stereocenters. The van der Waals surface area contributed by atoms with Gasteiger partial charge in [0, 0.05) is 12.6 Å². The molecule has 0 aromatic heterocycles. The Balaban J connectivity index is -0.000000619. The Morgan fingerprint density at radius 1 is 0.742 bits per heavy atom. The highest BCUT2D eigenvalue weighted by molar-refractivity contribution is 6.04. The Morgan fingerprint density at radius 2 is 1.13 bits per heavy atom. The molecule has 0 fully saturated rings. The van der Waals surface area contributed by atoms with E-state index in [2.05, 4.69) is 45.9 Å². The molecule has 2 aromatic carbocycles. The molecule has 0 aliphatic carbocycles. The largest absolute Gasteiger partial charge is 0.314 e. The second-order valence-electron chi connectivity index (χ2n) is 6.43. The number of anilines is 1. The summed E-state index contributed by atoms with van der Waals surface area (Å²) in [5, 5.41) is 0. The van der Waals surface area contributed by atoms with Crippen molar-refractivity contribution in [3.8, 4) is 11.1 Å². The van der Waals surface area contributed by atoms with Crippen LogP contribution in [0.5, 0.6) is 0 Å². The van der Waals surface area contributed by atoms with E-state index in [1.807, 2.05) is 92.8 Å². The van der Waals surface area contributed by atoms with Gasteiger partial charge in [0.2, 0.25) is 5.91 Å². The fourth-order valence-electron chi connectivity index (χ4n) is 3.11. The van der Waals surface area contributed by atoms with Gasteiger partial charge in [-0.25, -0.2) is 0 Å². The summed E-state index contributed by atoms with van der Waals surface area (Å²) >= 11 is 0. The highest BCUT2D eigenvalue weighted by atomic mass is 16.2. The van der Waals surface area contributed by atoms with Crippen molar-refractivity contribution in [1.82, 2.24) is 0 Å². The van der Waals surface area contributed by atoms with Crippen LogP contribution in [-0.2, 0) is 4.79 Å². The van der Waals surface area contributed by atoms with Crippen LogP contribution in [0, 0.1) is 5.92 Å². The van der Waals surface area contributed by atoms with Gasteiger partial charge in [0.05, 0.1) is 11.6 Å². The van der Waals surface area contributed by atoms with Gasteiger partial charge in [-0.3, -0.25) is 4.79 Å². The number of rotatable bonds is 1. The number of benzene rings is 2. The Labute approximate surface area is 195 Å². The van der Waals surface area contributed by atoms with Gasteiger partial charge in [-0.05, 0) is 23.1 Å². The van der Waals surface area contributed by atoms with Crippen LogP contribution in [-0.4, -0.2) is 13.0 Å². The third kappa shape index (κ3) is 9.72.